The largest absolute Gasteiger partial charge is 0.444 e. The second-order valence-corrected chi connectivity index (χ2v) is 7.47. The minimum Gasteiger partial charge on any atom is -0.444 e. The number of nitrogens with zero attached hydrogens (tertiary/aromatic N) is 6. The van der Waals surface area contributed by atoms with Crippen molar-refractivity contribution in [3.8, 4) is 0 Å². The van der Waals surface area contributed by atoms with Crippen LogP contribution in [0.1, 0.15) is 55.4 Å². The van der Waals surface area contributed by atoms with Crippen molar-refractivity contribution in [1.82, 2.24) is 29.5 Å². The standard InChI is InChI=1S/C18H28N6O/c1-4-15-9-19-17(25-15)12-24-8-7-14(10-24)22(2)11-16-20-21-18(23(16)3)13-5-6-13/h9,13-14H,4-8,10-12H2,1-3H3/t14-/m1/s1. The van der Waals surface area contributed by atoms with Crippen LogP contribution in [0.3, 0.4) is 0 Å². The summed E-state index contributed by atoms with van der Waals surface area (Å²) < 4.78 is 7.94. The fourth-order valence-corrected chi connectivity index (χ4v) is 3.65. The van der Waals surface area contributed by atoms with E-state index in [1.54, 1.807) is 0 Å². The van der Waals surface area contributed by atoms with Crippen LogP contribution in [0.4, 0.5) is 0 Å². The predicted molar refractivity (Wildman–Crippen MR) is 94.0 cm³/mol. The maximum atomic E-state index is 5.74. The molecule has 0 spiro atoms. The van der Waals surface area contributed by atoms with Crippen LogP contribution >= 0.6 is 0 Å². The Labute approximate surface area is 149 Å². The highest BCUT2D eigenvalue weighted by atomic mass is 16.4. The van der Waals surface area contributed by atoms with E-state index in [1.807, 2.05) is 6.20 Å². The first kappa shape index (κ1) is 16.7. The predicted octanol–water partition coefficient (Wildman–Crippen LogP) is 1.95. The number of aromatic nitrogens is 4. The SMILES string of the molecule is CCc1cnc(CN2CC[C@@H](N(C)Cc3nnc(C4CC4)n3C)C2)o1. The van der Waals surface area contributed by atoms with Gasteiger partial charge in [-0.25, -0.2) is 4.98 Å². The monoisotopic (exact) mass is 344 g/mol. The molecule has 1 atom stereocenters. The molecule has 3 heterocycles. The van der Waals surface area contributed by atoms with Crippen molar-refractivity contribution < 1.29 is 4.42 Å². The van der Waals surface area contributed by atoms with Gasteiger partial charge in [-0.1, -0.05) is 6.92 Å². The molecule has 2 fully saturated rings. The first-order valence-electron chi connectivity index (χ1n) is 9.38. The summed E-state index contributed by atoms with van der Waals surface area (Å²) >= 11 is 0. The molecule has 0 radical (unpaired) electrons. The third kappa shape index (κ3) is 3.62. The topological polar surface area (TPSA) is 63.2 Å². The highest BCUT2D eigenvalue weighted by molar-refractivity contribution is 5.08. The first-order chi connectivity index (χ1) is 12.1. The molecule has 4 rings (SSSR count). The van der Waals surface area contributed by atoms with Gasteiger partial charge in [-0.15, -0.1) is 10.2 Å². The van der Waals surface area contributed by atoms with Crippen molar-refractivity contribution in [3.05, 3.63) is 29.5 Å². The van der Waals surface area contributed by atoms with Gasteiger partial charge in [0.05, 0.1) is 19.3 Å². The smallest absolute Gasteiger partial charge is 0.208 e. The molecule has 1 aliphatic carbocycles. The summed E-state index contributed by atoms with van der Waals surface area (Å²) in [6.07, 6.45) is 6.45. The molecule has 2 aromatic rings. The third-order valence-corrected chi connectivity index (χ3v) is 5.51. The molecular formula is C18H28N6O. The van der Waals surface area contributed by atoms with Crippen LogP contribution in [0.2, 0.25) is 0 Å². The van der Waals surface area contributed by atoms with E-state index in [0.717, 1.165) is 55.9 Å². The Balaban J connectivity index is 1.31. The second kappa shape index (κ2) is 6.88. The summed E-state index contributed by atoms with van der Waals surface area (Å²) in [6.45, 7) is 5.89. The normalized spacial score (nSPS) is 21.5. The molecule has 0 aromatic carbocycles. The van der Waals surface area contributed by atoms with Gasteiger partial charge in [0.25, 0.3) is 0 Å². The van der Waals surface area contributed by atoms with E-state index >= 15 is 0 Å². The van der Waals surface area contributed by atoms with E-state index in [0.29, 0.717) is 12.0 Å². The summed E-state index contributed by atoms with van der Waals surface area (Å²) in [6, 6.07) is 0.543. The van der Waals surface area contributed by atoms with Crippen LogP contribution in [-0.4, -0.2) is 55.7 Å². The van der Waals surface area contributed by atoms with E-state index in [4.69, 9.17) is 4.42 Å². The van der Waals surface area contributed by atoms with Gasteiger partial charge in [0.2, 0.25) is 5.89 Å². The Bertz CT molecular complexity index is 719. The van der Waals surface area contributed by atoms with Gasteiger partial charge in [-0.2, -0.15) is 0 Å². The lowest BCUT2D eigenvalue weighted by molar-refractivity contribution is 0.210. The third-order valence-electron chi connectivity index (χ3n) is 5.51. The molecule has 7 heteroatoms. The van der Waals surface area contributed by atoms with Crippen LogP contribution < -0.4 is 0 Å². The van der Waals surface area contributed by atoms with Gasteiger partial charge in [-0.05, 0) is 26.3 Å². The van der Waals surface area contributed by atoms with Gasteiger partial charge in [0.1, 0.15) is 17.4 Å². The van der Waals surface area contributed by atoms with Crippen molar-refractivity contribution in [1.29, 1.82) is 0 Å². The van der Waals surface area contributed by atoms with Crippen LogP contribution in [0.15, 0.2) is 10.6 Å². The van der Waals surface area contributed by atoms with E-state index in [2.05, 4.69) is 50.6 Å². The Morgan fingerprint density at radius 2 is 2.12 bits per heavy atom. The summed E-state index contributed by atoms with van der Waals surface area (Å²) in [5.41, 5.74) is 0. The fourth-order valence-electron chi connectivity index (χ4n) is 3.65. The second-order valence-electron chi connectivity index (χ2n) is 7.47. The minimum atomic E-state index is 0.543. The molecule has 1 saturated carbocycles. The molecule has 25 heavy (non-hydrogen) atoms. The van der Waals surface area contributed by atoms with Crippen LogP contribution in [0, 0.1) is 0 Å². The van der Waals surface area contributed by atoms with Crippen molar-refractivity contribution >= 4 is 0 Å². The lowest BCUT2D eigenvalue weighted by atomic mass is 10.2. The van der Waals surface area contributed by atoms with Gasteiger partial charge in [-0.3, -0.25) is 9.80 Å². The van der Waals surface area contributed by atoms with E-state index in [9.17, 15) is 0 Å². The lowest BCUT2D eigenvalue weighted by Gasteiger charge is -2.24. The van der Waals surface area contributed by atoms with Crippen LogP contribution in [0.5, 0.6) is 0 Å². The highest BCUT2D eigenvalue weighted by Gasteiger charge is 2.31. The summed E-state index contributed by atoms with van der Waals surface area (Å²) in [7, 11) is 4.30. The van der Waals surface area contributed by atoms with Crippen LogP contribution in [0.25, 0.3) is 0 Å². The van der Waals surface area contributed by atoms with Gasteiger partial charge < -0.3 is 8.98 Å². The Morgan fingerprint density at radius 3 is 2.84 bits per heavy atom. The van der Waals surface area contributed by atoms with Crippen molar-refractivity contribution in [2.45, 2.75) is 57.7 Å². The molecule has 1 saturated heterocycles. The molecule has 0 bridgehead atoms. The molecule has 7 nitrogen and oxygen atoms in total. The summed E-state index contributed by atoms with van der Waals surface area (Å²) in [4.78, 5) is 9.22. The number of hydrogen-bond donors (Lipinski definition) is 0. The van der Waals surface area contributed by atoms with Gasteiger partial charge >= 0.3 is 0 Å². The maximum absolute atomic E-state index is 5.74. The fraction of sp³-hybridized carbons (Fsp3) is 0.722. The highest BCUT2D eigenvalue weighted by Crippen LogP contribution is 2.38. The minimum absolute atomic E-state index is 0.543. The quantitative estimate of drug-likeness (QED) is 0.765. The molecule has 0 N–H and O–H groups in total. The van der Waals surface area contributed by atoms with Gasteiger partial charge in [0.15, 0.2) is 0 Å². The Hall–Kier alpha value is -1.73. The molecule has 136 valence electrons. The number of rotatable bonds is 7. The number of likely N-dealkylation sites (N-methyl/N-ethyl adjacent to an activating group) is 1. The lowest BCUT2D eigenvalue weighted by Crippen LogP contribution is -2.34. The molecular weight excluding hydrogens is 316 g/mol. The zero-order chi connectivity index (χ0) is 17.4. The molecule has 0 unspecified atom stereocenters. The summed E-state index contributed by atoms with van der Waals surface area (Å²) in [5.74, 6) is 4.68. The van der Waals surface area contributed by atoms with Crippen molar-refractivity contribution in [3.63, 3.8) is 0 Å². The zero-order valence-electron chi connectivity index (χ0n) is 15.5. The van der Waals surface area contributed by atoms with E-state index < -0.39 is 0 Å². The number of hydrogen-bond acceptors (Lipinski definition) is 6. The summed E-state index contributed by atoms with van der Waals surface area (Å²) in [5, 5.41) is 8.81. The van der Waals surface area contributed by atoms with Crippen molar-refractivity contribution in [2.24, 2.45) is 7.05 Å². The van der Waals surface area contributed by atoms with Gasteiger partial charge in [0, 0.05) is 38.5 Å². The number of aryl methyl sites for hydroxylation is 1. The first-order valence-corrected chi connectivity index (χ1v) is 9.38. The van der Waals surface area contributed by atoms with E-state index in [1.165, 1.54) is 19.3 Å². The molecule has 2 aromatic heterocycles. The average Bonchev–Trinajstić information content (AvgIpc) is 3.02. The van der Waals surface area contributed by atoms with Crippen LogP contribution in [-0.2, 0) is 26.6 Å². The molecule has 1 aliphatic heterocycles. The molecule has 2 aliphatic rings. The number of oxazole rings is 1. The van der Waals surface area contributed by atoms with E-state index in [-0.39, 0.29) is 0 Å². The average molecular weight is 344 g/mol. The Morgan fingerprint density at radius 1 is 1.28 bits per heavy atom. The van der Waals surface area contributed by atoms with Crippen molar-refractivity contribution in [2.75, 3.05) is 20.1 Å². The molecule has 0 amide bonds. The Kier molecular flexibility index (Phi) is 4.60. The zero-order valence-corrected chi connectivity index (χ0v) is 15.5. The number of likely N-dealkylation sites (tertiary alicyclic amines) is 1. The maximum Gasteiger partial charge on any atom is 0.208 e.